The number of carbonyl (C=O) groups is 2. The van der Waals surface area contributed by atoms with Crippen LogP contribution in [0.2, 0.25) is 0 Å². The second kappa shape index (κ2) is 7.83. The standard InChI is InChI=1S/C17H14BrNO5/c18-14(16(20)12-9-5-2-6-10-12)13(17(21)22)15(19(23)24)11-7-3-1-4-8-11/h1-10,13-15H,(H,21,22)/t13-,14+,15-/m1/s1. The number of aliphatic carboxylic acids is 1. The SMILES string of the molecule is O=C(O)[C@H]([C@H](Br)C(=O)c1ccccc1)[C@@H](c1ccccc1)[N+](=O)[O-]. The van der Waals surface area contributed by atoms with Crippen LogP contribution in [0.4, 0.5) is 0 Å². The van der Waals surface area contributed by atoms with E-state index in [2.05, 4.69) is 15.9 Å². The first-order valence-electron chi connectivity index (χ1n) is 7.08. The van der Waals surface area contributed by atoms with Gasteiger partial charge >= 0.3 is 5.97 Å². The van der Waals surface area contributed by atoms with Crippen molar-refractivity contribution in [3.8, 4) is 0 Å². The first-order chi connectivity index (χ1) is 11.4. The van der Waals surface area contributed by atoms with Crippen LogP contribution in [-0.4, -0.2) is 26.6 Å². The fraction of sp³-hybridized carbons (Fsp3) is 0.176. The number of carboxylic acids is 1. The van der Waals surface area contributed by atoms with Gasteiger partial charge in [-0.15, -0.1) is 0 Å². The molecule has 0 spiro atoms. The van der Waals surface area contributed by atoms with Gasteiger partial charge in [0, 0.05) is 16.1 Å². The number of halogens is 1. The molecule has 0 amide bonds. The molecule has 0 fully saturated rings. The van der Waals surface area contributed by atoms with Gasteiger partial charge < -0.3 is 5.11 Å². The minimum Gasteiger partial charge on any atom is -0.481 e. The Morgan fingerprint density at radius 2 is 1.50 bits per heavy atom. The monoisotopic (exact) mass is 391 g/mol. The molecule has 0 radical (unpaired) electrons. The quantitative estimate of drug-likeness (QED) is 0.337. The summed E-state index contributed by atoms with van der Waals surface area (Å²) in [4.78, 5) is 33.9. The number of rotatable bonds is 7. The van der Waals surface area contributed by atoms with E-state index in [0.717, 1.165) is 0 Å². The van der Waals surface area contributed by atoms with Crippen LogP contribution < -0.4 is 0 Å². The number of nitrogens with zero attached hydrogens (tertiary/aromatic N) is 1. The molecule has 2 aromatic rings. The van der Waals surface area contributed by atoms with Crippen LogP contribution in [0.1, 0.15) is 22.0 Å². The van der Waals surface area contributed by atoms with Gasteiger partial charge in [0.25, 0.3) is 6.04 Å². The zero-order valence-electron chi connectivity index (χ0n) is 12.4. The van der Waals surface area contributed by atoms with Crippen LogP contribution in [0, 0.1) is 16.0 Å². The van der Waals surface area contributed by atoms with Crippen LogP contribution in [-0.2, 0) is 4.79 Å². The number of hydrogen-bond acceptors (Lipinski definition) is 4. The Hall–Kier alpha value is -2.54. The highest BCUT2D eigenvalue weighted by Crippen LogP contribution is 2.33. The number of carbonyl (C=O) groups excluding carboxylic acids is 1. The Bertz CT molecular complexity index is 735. The van der Waals surface area contributed by atoms with Crippen LogP contribution in [0.25, 0.3) is 0 Å². The van der Waals surface area contributed by atoms with Crippen molar-refractivity contribution in [3.63, 3.8) is 0 Å². The molecule has 124 valence electrons. The highest BCUT2D eigenvalue weighted by atomic mass is 79.9. The topological polar surface area (TPSA) is 97.5 Å². The molecule has 0 aliphatic heterocycles. The summed E-state index contributed by atoms with van der Waals surface area (Å²) in [5.41, 5.74) is 0.529. The van der Waals surface area contributed by atoms with Gasteiger partial charge in [0.2, 0.25) is 0 Å². The van der Waals surface area contributed by atoms with Gasteiger partial charge in [-0.05, 0) is 0 Å². The summed E-state index contributed by atoms with van der Waals surface area (Å²) in [6.45, 7) is 0. The van der Waals surface area contributed by atoms with E-state index in [4.69, 9.17) is 0 Å². The first kappa shape index (κ1) is 17.8. The lowest BCUT2D eigenvalue weighted by molar-refractivity contribution is -0.536. The number of hydrogen-bond donors (Lipinski definition) is 1. The molecular formula is C17H14BrNO5. The maximum Gasteiger partial charge on any atom is 0.315 e. The highest BCUT2D eigenvalue weighted by Gasteiger charge is 2.46. The molecule has 2 aromatic carbocycles. The zero-order chi connectivity index (χ0) is 17.7. The molecule has 0 saturated carbocycles. The molecule has 0 aromatic heterocycles. The van der Waals surface area contributed by atoms with Crippen molar-refractivity contribution in [2.45, 2.75) is 10.9 Å². The number of alkyl halides is 1. The number of ketones is 1. The summed E-state index contributed by atoms with van der Waals surface area (Å²) in [6.07, 6.45) is 0. The molecular weight excluding hydrogens is 378 g/mol. The molecule has 0 unspecified atom stereocenters. The second-order valence-electron chi connectivity index (χ2n) is 5.14. The van der Waals surface area contributed by atoms with E-state index in [0.29, 0.717) is 5.56 Å². The number of carboxylic acid groups (broad SMARTS) is 1. The van der Waals surface area contributed by atoms with Crippen molar-refractivity contribution >= 4 is 27.7 Å². The highest BCUT2D eigenvalue weighted by molar-refractivity contribution is 9.10. The zero-order valence-corrected chi connectivity index (χ0v) is 14.0. The predicted octanol–water partition coefficient (Wildman–Crippen LogP) is 3.35. The normalized spacial score (nSPS) is 14.4. The number of nitro groups is 1. The summed E-state index contributed by atoms with van der Waals surface area (Å²) in [6, 6.07) is 14.4. The van der Waals surface area contributed by atoms with Crippen molar-refractivity contribution < 1.29 is 19.6 Å². The average Bonchev–Trinajstić information content (AvgIpc) is 2.59. The van der Waals surface area contributed by atoms with Gasteiger partial charge in [0.05, 0.1) is 4.83 Å². The van der Waals surface area contributed by atoms with Gasteiger partial charge in [-0.3, -0.25) is 19.7 Å². The number of Topliss-reactive ketones (excluding diaryl/α,β-unsaturated/α-hetero) is 1. The molecule has 0 saturated heterocycles. The second-order valence-corrected chi connectivity index (χ2v) is 6.12. The van der Waals surface area contributed by atoms with Crippen molar-refractivity contribution in [1.29, 1.82) is 0 Å². The Kier molecular flexibility index (Phi) is 5.81. The van der Waals surface area contributed by atoms with Crippen molar-refractivity contribution in [2.24, 2.45) is 5.92 Å². The maximum absolute atomic E-state index is 12.5. The van der Waals surface area contributed by atoms with Gasteiger partial charge in [-0.2, -0.15) is 0 Å². The molecule has 0 aliphatic rings. The Morgan fingerprint density at radius 3 is 1.96 bits per heavy atom. The molecule has 1 N–H and O–H groups in total. The molecule has 0 bridgehead atoms. The lowest BCUT2D eigenvalue weighted by Gasteiger charge is -2.21. The van der Waals surface area contributed by atoms with Crippen LogP contribution >= 0.6 is 15.9 Å². The minimum absolute atomic E-state index is 0.236. The minimum atomic E-state index is -1.55. The fourth-order valence-corrected chi connectivity index (χ4v) is 3.23. The van der Waals surface area contributed by atoms with Gasteiger partial charge in [0.1, 0.15) is 5.92 Å². The van der Waals surface area contributed by atoms with Gasteiger partial charge in [0.15, 0.2) is 5.78 Å². The van der Waals surface area contributed by atoms with Crippen LogP contribution in [0.15, 0.2) is 60.7 Å². The van der Waals surface area contributed by atoms with E-state index in [-0.39, 0.29) is 5.56 Å². The average molecular weight is 392 g/mol. The first-order valence-corrected chi connectivity index (χ1v) is 7.99. The third kappa shape index (κ3) is 3.86. The molecule has 3 atom stereocenters. The van der Waals surface area contributed by atoms with Gasteiger partial charge in [-0.1, -0.05) is 76.6 Å². The third-order valence-electron chi connectivity index (χ3n) is 3.62. The molecule has 0 aliphatic carbocycles. The van der Waals surface area contributed by atoms with E-state index in [1.807, 2.05) is 0 Å². The Balaban J connectivity index is 2.42. The summed E-state index contributed by atoms with van der Waals surface area (Å²) in [5, 5.41) is 21.1. The largest absolute Gasteiger partial charge is 0.481 e. The van der Waals surface area contributed by atoms with Crippen molar-refractivity contribution in [2.75, 3.05) is 0 Å². The fourth-order valence-electron chi connectivity index (χ4n) is 2.46. The lowest BCUT2D eigenvalue weighted by atomic mass is 9.87. The van der Waals surface area contributed by atoms with Crippen LogP contribution in [0.5, 0.6) is 0 Å². The molecule has 24 heavy (non-hydrogen) atoms. The van der Waals surface area contributed by atoms with Crippen molar-refractivity contribution in [3.05, 3.63) is 81.9 Å². The van der Waals surface area contributed by atoms with Crippen LogP contribution in [0.3, 0.4) is 0 Å². The van der Waals surface area contributed by atoms with E-state index < -0.39 is 33.5 Å². The number of benzene rings is 2. The van der Waals surface area contributed by atoms with E-state index in [1.54, 1.807) is 48.5 Å². The Morgan fingerprint density at radius 1 is 1.00 bits per heavy atom. The molecule has 6 nitrogen and oxygen atoms in total. The van der Waals surface area contributed by atoms with Gasteiger partial charge in [-0.25, -0.2) is 0 Å². The third-order valence-corrected chi connectivity index (χ3v) is 4.60. The van der Waals surface area contributed by atoms with E-state index >= 15 is 0 Å². The maximum atomic E-state index is 12.5. The Labute approximate surface area is 146 Å². The van der Waals surface area contributed by atoms with E-state index in [9.17, 15) is 24.8 Å². The molecule has 7 heteroatoms. The smallest absolute Gasteiger partial charge is 0.315 e. The summed E-state index contributed by atoms with van der Waals surface area (Å²) in [7, 11) is 0. The van der Waals surface area contributed by atoms with Crippen molar-refractivity contribution in [1.82, 2.24) is 0 Å². The van der Waals surface area contributed by atoms with E-state index in [1.165, 1.54) is 12.1 Å². The molecule has 2 rings (SSSR count). The summed E-state index contributed by atoms with van der Waals surface area (Å²) in [5.74, 6) is -3.47. The lowest BCUT2D eigenvalue weighted by Crippen LogP contribution is -2.38. The summed E-state index contributed by atoms with van der Waals surface area (Å²) < 4.78 is 0. The summed E-state index contributed by atoms with van der Waals surface area (Å²) >= 11 is 3.08. The predicted molar refractivity (Wildman–Crippen MR) is 90.8 cm³/mol. The molecule has 0 heterocycles.